The molecule has 1 N–H and O–H groups in total. The highest BCUT2D eigenvalue weighted by Crippen LogP contribution is 2.29. The van der Waals surface area contributed by atoms with E-state index in [1.165, 1.54) is 11.4 Å². The van der Waals surface area contributed by atoms with Crippen molar-refractivity contribution >= 4 is 21.7 Å². The van der Waals surface area contributed by atoms with E-state index in [9.17, 15) is 13.2 Å². The summed E-state index contributed by atoms with van der Waals surface area (Å²) < 4.78 is 32.8. The number of ether oxygens (including phenoxy) is 1. The van der Waals surface area contributed by atoms with Gasteiger partial charge in [0.25, 0.3) is 0 Å². The maximum Gasteiger partial charge on any atom is 0.335 e. The fraction of sp³-hybridized carbons (Fsp3) is 0.316. The average Bonchev–Trinajstić information content (AvgIpc) is 2.68. The molecule has 0 amide bonds. The van der Waals surface area contributed by atoms with Crippen LogP contribution < -0.4 is 9.64 Å². The molecule has 3 rings (SSSR count). The van der Waals surface area contributed by atoms with Gasteiger partial charge in [-0.2, -0.15) is 4.31 Å². The molecule has 27 heavy (non-hydrogen) atoms. The molecule has 0 unspecified atom stereocenters. The number of nitrogens with zero attached hydrogens (tertiary/aromatic N) is 2. The van der Waals surface area contributed by atoms with Crippen LogP contribution in [0.15, 0.2) is 47.4 Å². The van der Waals surface area contributed by atoms with Crippen molar-refractivity contribution in [1.82, 2.24) is 4.31 Å². The molecule has 1 fully saturated rings. The number of aromatic carboxylic acids is 1. The van der Waals surface area contributed by atoms with Crippen LogP contribution in [0.4, 0.5) is 5.69 Å². The molecule has 0 radical (unpaired) electrons. The molecule has 1 saturated heterocycles. The van der Waals surface area contributed by atoms with E-state index in [1.54, 1.807) is 36.4 Å². The van der Waals surface area contributed by atoms with E-state index in [4.69, 9.17) is 9.84 Å². The van der Waals surface area contributed by atoms with Gasteiger partial charge in [0.1, 0.15) is 10.6 Å². The molecule has 0 saturated carbocycles. The number of piperazine rings is 1. The van der Waals surface area contributed by atoms with Gasteiger partial charge in [-0.1, -0.05) is 6.07 Å². The second-order valence-electron chi connectivity index (χ2n) is 6.40. The molecule has 0 spiro atoms. The fourth-order valence-corrected chi connectivity index (χ4v) is 4.79. The summed E-state index contributed by atoms with van der Waals surface area (Å²) in [6, 6.07) is 11.7. The largest absolute Gasteiger partial charge is 0.495 e. The number of aryl methyl sites for hydroxylation is 1. The standard InChI is InChI=1S/C19H22N2O5S/c1-14-3-8-17(26-2)18(13-14)27(24,25)21-11-9-20(10-12-21)16-6-4-15(5-7-16)19(22)23/h3-8,13H,9-12H2,1-2H3,(H,22,23). The van der Waals surface area contributed by atoms with Crippen molar-refractivity contribution < 1.29 is 23.1 Å². The molecule has 2 aromatic carbocycles. The van der Waals surface area contributed by atoms with E-state index in [0.717, 1.165) is 11.3 Å². The summed E-state index contributed by atoms with van der Waals surface area (Å²) in [5.41, 5.74) is 1.96. The predicted octanol–water partition coefficient (Wildman–Crippen LogP) is 2.21. The third kappa shape index (κ3) is 3.91. The normalized spacial score (nSPS) is 15.6. The van der Waals surface area contributed by atoms with Crippen LogP contribution in [-0.2, 0) is 10.0 Å². The third-order valence-electron chi connectivity index (χ3n) is 4.65. The summed E-state index contributed by atoms with van der Waals surface area (Å²) in [6.45, 7) is 3.59. The first-order valence-electron chi connectivity index (χ1n) is 8.56. The van der Waals surface area contributed by atoms with Crippen LogP contribution in [0.2, 0.25) is 0 Å². The minimum atomic E-state index is -3.65. The average molecular weight is 390 g/mol. The zero-order valence-corrected chi connectivity index (χ0v) is 16.1. The third-order valence-corrected chi connectivity index (χ3v) is 6.57. The summed E-state index contributed by atoms with van der Waals surface area (Å²) in [4.78, 5) is 13.2. The molecule has 1 heterocycles. The Morgan fingerprint density at radius 3 is 2.22 bits per heavy atom. The lowest BCUT2D eigenvalue weighted by atomic mass is 10.2. The molecule has 1 aliphatic heterocycles. The van der Waals surface area contributed by atoms with Gasteiger partial charge in [-0.15, -0.1) is 0 Å². The molecule has 2 aromatic rings. The second kappa shape index (κ2) is 7.58. The number of anilines is 1. The van der Waals surface area contributed by atoms with Gasteiger partial charge in [0.15, 0.2) is 0 Å². The monoisotopic (exact) mass is 390 g/mol. The molecule has 0 atom stereocenters. The summed E-state index contributed by atoms with van der Waals surface area (Å²) in [7, 11) is -2.19. The summed E-state index contributed by atoms with van der Waals surface area (Å²) in [5.74, 6) is -0.628. The van der Waals surface area contributed by atoms with Gasteiger partial charge in [-0.25, -0.2) is 13.2 Å². The number of sulfonamides is 1. The van der Waals surface area contributed by atoms with Crippen LogP contribution >= 0.6 is 0 Å². The Hall–Kier alpha value is -2.58. The molecule has 7 nitrogen and oxygen atoms in total. The predicted molar refractivity (Wildman–Crippen MR) is 102 cm³/mol. The molecule has 8 heteroatoms. The van der Waals surface area contributed by atoms with Gasteiger partial charge in [-0.05, 0) is 48.9 Å². The maximum atomic E-state index is 13.0. The number of benzene rings is 2. The number of carbonyl (C=O) groups is 1. The van der Waals surface area contributed by atoms with Crippen LogP contribution in [0.25, 0.3) is 0 Å². The molecular weight excluding hydrogens is 368 g/mol. The van der Waals surface area contributed by atoms with Gasteiger partial charge in [0.2, 0.25) is 10.0 Å². The first-order valence-corrected chi connectivity index (χ1v) is 10.00. The SMILES string of the molecule is COc1ccc(C)cc1S(=O)(=O)N1CCN(c2ccc(C(=O)O)cc2)CC1. The van der Waals surface area contributed by atoms with E-state index in [0.29, 0.717) is 31.9 Å². The maximum absolute atomic E-state index is 13.0. The number of hydrogen-bond donors (Lipinski definition) is 1. The summed E-state index contributed by atoms with van der Waals surface area (Å²) in [6.07, 6.45) is 0. The number of rotatable bonds is 5. The number of carboxylic acid groups (broad SMARTS) is 1. The van der Waals surface area contributed by atoms with Crippen molar-refractivity contribution in [1.29, 1.82) is 0 Å². The smallest absolute Gasteiger partial charge is 0.335 e. The molecule has 1 aliphatic rings. The molecule has 0 bridgehead atoms. The van der Waals surface area contributed by atoms with Crippen molar-refractivity contribution in [3.05, 3.63) is 53.6 Å². The number of carboxylic acids is 1. The lowest BCUT2D eigenvalue weighted by molar-refractivity contribution is 0.0697. The van der Waals surface area contributed by atoms with Crippen LogP contribution in [0.3, 0.4) is 0 Å². The highest BCUT2D eigenvalue weighted by molar-refractivity contribution is 7.89. The number of hydrogen-bond acceptors (Lipinski definition) is 5. The van der Waals surface area contributed by atoms with Gasteiger partial charge in [-0.3, -0.25) is 0 Å². The summed E-state index contributed by atoms with van der Waals surface area (Å²) >= 11 is 0. The quantitative estimate of drug-likeness (QED) is 0.842. The van der Waals surface area contributed by atoms with Gasteiger partial charge >= 0.3 is 5.97 Å². The molecule has 144 valence electrons. The molecule has 0 aliphatic carbocycles. The Bertz CT molecular complexity index is 933. The summed E-state index contributed by atoms with van der Waals surface area (Å²) in [5, 5.41) is 8.98. The van der Waals surface area contributed by atoms with Crippen molar-refractivity contribution in [2.24, 2.45) is 0 Å². The molecule has 0 aromatic heterocycles. The topological polar surface area (TPSA) is 87.2 Å². The highest BCUT2D eigenvalue weighted by atomic mass is 32.2. The minimum Gasteiger partial charge on any atom is -0.495 e. The zero-order chi connectivity index (χ0) is 19.6. The lowest BCUT2D eigenvalue weighted by Gasteiger charge is -2.35. The first kappa shape index (κ1) is 19.2. The minimum absolute atomic E-state index is 0.185. The first-order chi connectivity index (χ1) is 12.8. The van der Waals surface area contributed by atoms with E-state index < -0.39 is 16.0 Å². The second-order valence-corrected chi connectivity index (χ2v) is 8.30. The van der Waals surface area contributed by atoms with Crippen LogP contribution in [0.1, 0.15) is 15.9 Å². The lowest BCUT2D eigenvalue weighted by Crippen LogP contribution is -2.48. The van der Waals surface area contributed by atoms with Gasteiger partial charge < -0.3 is 14.7 Å². The van der Waals surface area contributed by atoms with Gasteiger partial charge in [0.05, 0.1) is 12.7 Å². The van der Waals surface area contributed by atoms with Gasteiger partial charge in [0, 0.05) is 31.9 Å². The van der Waals surface area contributed by atoms with Crippen molar-refractivity contribution in [3.8, 4) is 5.75 Å². The molecular formula is C19H22N2O5S. The Kier molecular flexibility index (Phi) is 5.38. The number of methoxy groups -OCH3 is 1. The van der Waals surface area contributed by atoms with Crippen molar-refractivity contribution in [2.75, 3.05) is 38.2 Å². The fourth-order valence-electron chi connectivity index (χ4n) is 3.13. The zero-order valence-electron chi connectivity index (χ0n) is 15.3. The van der Waals surface area contributed by atoms with E-state index in [2.05, 4.69) is 0 Å². The van der Waals surface area contributed by atoms with E-state index >= 15 is 0 Å². The Morgan fingerprint density at radius 1 is 1.04 bits per heavy atom. The van der Waals surface area contributed by atoms with E-state index in [-0.39, 0.29) is 10.5 Å². The Labute approximate surface area is 158 Å². The Balaban J connectivity index is 1.75. The highest BCUT2D eigenvalue weighted by Gasteiger charge is 2.31. The van der Waals surface area contributed by atoms with Crippen LogP contribution in [-0.4, -0.2) is 57.1 Å². The van der Waals surface area contributed by atoms with E-state index in [1.807, 2.05) is 17.9 Å². The van der Waals surface area contributed by atoms with Crippen molar-refractivity contribution in [2.45, 2.75) is 11.8 Å². The van der Waals surface area contributed by atoms with Crippen molar-refractivity contribution in [3.63, 3.8) is 0 Å². The van der Waals surface area contributed by atoms with Crippen LogP contribution in [0, 0.1) is 6.92 Å². The van der Waals surface area contributed by atoms with Crippen LogP contribution in [0.5, 0.6) is 5.75 Å². The Morgan fingerprint density at radius 2 is 1.67 bits per heavy atom.